The second kappa shape index (κ2) is 15.4. The van der Waals surface area contributed by atoms with Crippen LogP contribution in [0.2, 0.25) is 0 Å². The third-order valence-electron chi connectivity index (χ3n) is 8.99. The molecule has 0 spiro atoms. The van der Waals surface area contributed by atoms with Gasteiger partial charge in [0.1, 0.15) is 5.65 Å². The Labute approximate surface area is 278 Å². The lowest BCUT2D eigenvalue weighted by atomic mass is 9.86. The molecule has 1 unspecified atom stereocenters. The zero-order valence-electron chi connectivity index (χ0n) is 29.8. The van der Waals surface area contributed by atoms with Gasteiger partial charge in [-0.05, 0) is 97.4 Å². The summed E-state index contributed by atoms with van der Waals surface area (Å²) in [6, 6.07) is 27.3. The van der Waals surface area contributed by atoms with Crippen LogP contribution in [-0.4, -0.2) is 9.38 Å². The second-order valence-electron chi connectivity index (χ2n) is 12.6. The standard InChI is InChI=1S/C35H32N2.C5H12.C2H6.C2H4/c1-20-11-12-27-29-19-26(17-25-9-7-6-8-10-25)18-28-22(3)16-30-34(32-23(4)13-21(2)14-24(32)5)37(31(27)15-20)35(36-30)33(28)29;1-3-5-4-2;2*1-2/h6-15,18-19,22H,16-17H2,1-5H3;3-5H2,1-2H3;1-2H3;1-2H2. The number of hydrogen-bond acceptors (Lipinski definition) is 1. The van der Waals surface area contributed by atoms with Gasteiger partial charge in [0.25, 0.3) is 0 Å². The number of aromatic nitrogens is 2. The first-order valence-corrected chi connectivity index (χ1v) is 17.3. The summed E-state index contributed by atoms with van der Waals surface area (Å²) in [4.78, 5) is 5.40. The normalized spacial score (nSPS) is 13.1. The van der Waals surface area contributed by atoms with Crippen LogP contribution in [0.4, 0.5) is 0 Å². The zero-order valence-corrected chi connectivity index (χ0v) is 29.8. The molecule has 0 fully saturated rings. The minimum Gasteiger partial charge on any atom is -0.291 e. The average Bonchev–Trinajstić information content (AvgIpc) is 3.34. The second-order valence-corrected chi connectivity index (χ2v) is 12.6. The molecule has 1 aliphatic rings. The molecular weight excluding hydrogens is 556 g/mol. The number of imidazole rings is 1. The molecule has 0 amide bonds. The van der Waals surface area contributed by atoms with Crippen molar-refractivity contribution in [1.82, 2.24) is 9.38 Å². The number of aryl methyl sites for hydroxylation is 4. The Kier molecular flexibility index (Phi) is 11.6. The van der Waals surface area contributed by atoms with Crippen LogP contribution in [0, 0.1) is 27.7 Å². The van der Waals surface area contributed by atoms with Crippen LogP contribution in [0.25, 0.3) is 38.6 Å². The van der Waals surface area contributed by atoms with E-state index in [1.165, 1.54) is 96.8 Å². The van der Waals surface area contributed by atoms with E-state index in [1.807, 2.05) is 13.8 Å². The summed E-state index contributed by atoms with van der Waals surface area (Å²) >= 11 is 0. The van der Waals surface area contributed by atoms with Gasteiger partial charge in [0.15, 0.2) is 0 Å². The van der Waals surface area contributed by atoms with Gasteiger partial charge in [-0.2, -0.15) is 0 Å². The van der Waals surface area contributed by atoms with Crippen molar-refractivity contribution in [3.8, 4) is 11.3 Å². The maximum Gasteiger partial charge on any atom is 0.146 e. The molecule has 7 rings (SSSR count). The summed E-state index contributed by atoms with van der Waals surface area (Å²) in [5, 5.41) is 3.97. The lowest BCUT2D eigenvalue weighted by Crippen LogP contribution is -2.07. The van der Waals surface area contributed by atoms with Crippen LogP contribution in [0.1, 0.15) is 104 Å². The van der Waals surface area contributed by atoms with Gasteiger partial charge in [-0.3, -0.25) is 4.40 Å². The molecule has 1 atom stereocenters. The largest absolute Gasteiger partial charge is 0.291 e. The van der Waals surface area contributed by atoms with E-state index < -0.39 is 0 Å². The maximum absolute atomic E-state index is 5.40. The molecule has 1 aliphatic heterocycles. The number of unbranched alkanes of at least 4 members (excludes halogenated alkanes) is 2. The van der Waals surface area contributed by atoms with Crippen molar-refractivity contribution >= 4 is 27.3 Å². The summed E-state index contributed by atoms with van der Waals surface area (Å²) in [5.74, 6) is 0.399. The molecule has 0 aliphatic carbocycles. The van der Waals surface area contributed by atoms with Crippen LogP contribution in [0.3, 0.4) is 0 Å². The van der Waals surface area contributed by atoms with Crippen molar-refractivity contribution in [2.24, 2.45) is 0 Å². The van der Waals surface area contributed by atoms with Gasteiger partial charge in [-0.15, -0.1) is 13.2 Å². The van der Waals surface area contributed by atoms with Gasteiger partial charge in [-0.1, -0.05) is 120 Å². The number of rotatable bonds is 5. The lowest BCUT2D eigenvalue weighted by Gasteiger charge is -2.22. The molecular formula is C44H54N2. The van der Waals surface area contributed by atoms with Crippen LogP contribution in [0.5, 0.6) is 0 Å². The molecule has 4 aromatic carbocycles. The van der Waals surface area contributed by atoms with E-state index in [0.29, 0.717) is 5.92 Å². The number of nitrogens with zero attached hydrogens (tertiary/aromatic N) is 2. The van der Waals surface area contributed by atoms with Crippen LogP contribution in [0.15, 0.2) is 86.0 Å². The first-order valence-electron chi connectivity index (χ1n) is 17.3. The van der Waals surface area contributed by atoms with E-state index >= 15 is 0 Å². The zero-order chi connectivity index (χ0) is 33.5. The Bertz CT molecular complexity index is 1920. The Morgan fingerprint density at radius 1 is 0.761 bits per heavy atom. The highest BCUT2D eigenvalue weighted by Gasteiger charge is 2.28. The minimum atomic E-state index is 0.399. The fourth-order valence-electron chi connectivity index (χ4n) is 7.14. The van der Waals surface area contributed by atoms with Gasteiger partial charge in [0, 0.05) is 16.3 Å². The summed E-state index contributed by atoms with van der Waals surface area (Å²) in [5.41, 5.74) is 15.6. The van der Waals surface area contributed by atoms with Crippen LogP contribution < -0.4 is 0 Å². The summed E-state index contributed by atoms with van der Waals surface area (Å²) in [6.07, 6.45) is 5.97. The van der Waals surface area contributed by atoms with Crippen molar-refractivity contribution in [2.75, 3.05) is 0 Å². The first-order chi connectivity index (χ1) is 22.3. The van der Waals surface area contributed by atoms with Crippen LogP contribution in [-0.2, 0) is 12.8 Å². The molecule has 3 heterocycles. The first kappa shape index (κ1) is 34.7. The molecule has 2 heteroatoms. The summed E-state index contributed by atoms with van der Waals surface area (Å²) in [7, 11) is 0. The van der Waals surface area contributed by atoms with E-state index in [1.54, 1.807) is 0 Å². The maximum atomic E-state index is 5.40. The highest BCUT2D eigenvalue weighted by molar-refractivity contribution is 6.14. The van der Waals surface area contributed by atoms with Crippen molar-refractivity contribution in [1.29, 1.82) is 0 Å². The van der Waals surface area contributed by atoms with Gasteiger partial charge in [-0.25, -0.2) is 4.98 Å². The molecule has 2 nitrogen and oxygen atoms in total. The molecule has 6 aromatic rings. The summed E-state index contributed by atoms with van der Waals surface area (Å²) < 4.78 is 2.48. The molecule has 240 valence electrons. The fourth-order valence-corrected chi connectivity index (χ4v) is 7.14. The van der Waals surface area contributed by atoms with E-state index in [0.717, 1.165) is 18.5 Å². The predicted octanol–water partition coefficient (Wildman–Crippen LogP) is 12.8. The van der Waals surface area contributed by atoms with E-state index in [2.05, 4.69) is 139 Å². The number of pyridine rings is 1. The molecule has 2 bridgehead atoms. The molecule has 2 aromatic heterocycles. The SMILES string of the molecule is C=C.CC.CCCCC.Cc1cc(C)c(-c2c3nc4c5c(cc(Cc6ccccc6)cc5c5ccc(C)cc5n24)C(C)C3)c(C)c1. The van der Waals surface area contributed by atoms with Crippen LogP contribution >= 0.6 is 0 Å². The fraction of sp³-hybridized carbons (Fsp3) is 0.341. The van der Waals surface area contributed by atoms with Crippen molar-refractivity contribution in [2.45, 2.75) is 100 Å². The van der Waals surface area contributed by atoms with Gasteiger partial charge in [0.2, 0.25) is 0 Å². The Hall–Kier alpha value is -4.17. The summed E-state index contributed by atoms with van der Waals surface area (Å²) in [6.45, 7) is 25.7. The van der Waals surface area contributed by atoms with Crippen molar-refractivity contribution < 1.29 is 0 Å². The Morgan fingerprint density at radius 2 is 1.41 bits per heavy atom. The monoisotopic (exact) mass is 610 g/mol. The van der Waals surface area contributed by atoms with E-state index in [4.69, 9.17) is 4.98 Å². The topological polar surface area (TPSA) is 17.3 Å². The highest BCUT2D eigenvalue weighted by Crippen LogP contribution is 2.44. The quantitative estimate of drug-likeness (QED) is 0.140. The lowest BCUT2D eigenvalue weighted by molar-refractivity contribution is 0.755. The van der Waals surface area contributed by atoms with Crippen molar-refractivity contribution in [3.05, 3.63) is 131 Å². The van der Waals surface area contributed by atoms with Gasteiger partial charge < -0.3 is 0 Å². The van der Waals surface area contributed by atoms with Crippen molar-refractivity contribution in [3.63, 3.8) is 0 Å². The minimum absolute atomic E-state index is 0.399. The van der Waals surface area contributed by atoms with Gasteiger partial charge >= 0.3 is 0 Å². The predicted molar refractivity (Wildman–Crippen MR) is 204 cm³/mol. The van der Waals surface area contributed by atoms with E-state index in [-0.39, 0.29) is 0 Å². The highest BCUT2D eigenvalue weighted by atomic mass is 15.0. The number of benzene rings is 4. The molecule has 46 heavy (non-hydrogen) atoms. The Balaban J connectivity index is 0.000000482. The molecule has 0 radical (unpaired) electrons. The van der Waals surface area contributed by atoms with E-state index in [9.17, 15) is 0 Å². The molecule has 0 N–H and O–H groups in total. The average molecular weight is 611 g/mol. The number of hydrogen-bond donors (Lipinski definition) is 0. The third kappa shape index (κ3) is 6.68. The number of fused-ring (bicyclic) bond motifs is 4. The molecule has 0 saturated carbocycles. The molecule has 0 saturated heterocycles. The third-order valence-corrected chi connectivity index (χ3v) is 8.99. The Morgan fingerprint density at radius 3 is 2.02 bits per heavy atom. The van der Waals surface area contributed by atoms with Gasteiger partial charge in [0.05, 0.1) is 16.9 Å². The smallest absolute Gasteiger partial charge is 0.146 e.